The van der Waals surface area contributed by atoms with Crippen molar-refractivity contribution in [1.29, 1.82) is 0 Å². The Bertz CT molecular complexity index is 331. The van der Waals surface area contributed by atoms with Gasteiger partial charge in [0.1, 0.15) is 0 Å². The Kier molecular flexibility index (Phi) is 6.88. The van der Waals surface area contributed by atoms with Crippen LogP contribution in [0.25, 0.3) is 0 Å². The van der Waals surface area contributed by atoms with E-state index in [0.717, 1.165) is 31.9 Å². The van der Waals surface area contributed by atoms with Gasteiger partial charge in [-0.15, -0.1) is 24.0 Å². The van der Waals surface area contributed by atoms with Crippen LogP contribution in [0.5, 0.6) is 0 Å². The molecule has 1 unspecified atom stereocenters. The molecule has 1 atom stereocenters. The van der Waals surface area contributed by atoms with Crippen molar-refractivity contribution in [2.45, 2.75) is 38.6 Å². The lowest BCUT2D eigenvalue weighted by molar-refractivity contribution is -0.120. The molecule has 1 saturated heterocycles. The average molecular weight is 380 g/mol. The Labute approximate surface area is 132 Å². The van der Waals surface area contributed by atoms with E-state index in [1.165, 1.54) is 12.8 Å². The Morgan fingerprint density at radius 3 is 2.68 bits per heavy atom. The molecule has 1 aliphatic heterocycles. The van der Waals surface area contributed by atoms with E-state index in [0.29, 0.717) is 18.5 Å². The molecule has 1 aliphatic carbocycles. The molecular weight excluding hydrogens is 355 g/mol. The second kappa shape index (κ2) is 7.91. The number of hydrogen-bond acceptors (Lipinski definition) is 2. The zero-order valence-electron chi connectivity index (χ0n) is 11.8. The lowest BCUT2D eigenvalue weighted by atomic mass is 10.0. The molecule has 2 fully saturated rings. The van der Waals surface area contributed by atoms with Gasteiger partial charge >= 0.3 is 0 Å². The highest BCUT2D eigenvalue weighted by atomic mass is 127. The van der Waals surface area contributed by atoms with Gasteiger partial charge in [0.2, 0.25) is 5.91 Å². The highest BCUT2D eigenvalue weighted by Gasteiger charge is 2.24. The summed E-state index contributed by atoms with van der Waals surface area (Å²) < 4.78 is 0. The largest absolute Gasteiger partial charge is 0.352 e. The van der Waals surface area contributed by atoms with Crippen molar-refractivity contribution in [3.63, 3.8) is 0 Å². The molecule has 0 radical (unpaired) electrons. The summed E-state index contributed by atoms with van der Waals surface area (Å²) in [5, 5.41) is 6.13. The first kappa shape index (κ1) is 16.5. The third-order valence-corrected chi connectivity index (χ3v) is 3.52. The number of guanidine groups is 1. The molecule has 2 rings (SSSR count). The van der Waals surface area contributed by atoms with Crippen LogP contribution in [-0.4, -0.2) is 49.5 Å². The number of nitrogens with zero attached hydrogens (tertiary/aromatic N) is 2. The molecule has 5 nitrogen and oxygen atoms in total. The van der Waals surface area contributed by atoms with Crippen molar-refractivity contribution in [2.75, 3.05) is 26.7 Å². The number of aliphatic imine (C=N–C) groups is 1. The lowest BCUT2D eigenvalue weighted by Gasteiger charge is -2.33. The van der Waals surface area contributed by atoms with Crippen molar-refractivity contribution < 1.29 is 4.79 Å². The topological polar surface area (TPSA) is 56.7 Å². The number of amides is 1. The van der Waals surface area contributed by atoms with E-state index < -0.39 is 0 Å². The third kappa shape index (κ3) is 5.54. The van der Waals surface area contributed by atoms with Gasteiger partial charge in [0.05, 0.1) is 6.54 Å². The maximum absolute atomic E-state index is 11.6. The number of piperidine rings is 1. The van der Waals surface area contributed by atoms with Gasteiger partial charge in [0.25, 0.3) is 0 Å². The smallest absolute Gasteiger partial charge is 0.239 e. The lowest BCUT2D eigenvalue weighted by Crippen LogP contribution is -2.48. The zero-order valence-corrected chi connectivity index (χ0v) is 14.1. The van der Waals surface area contributed by atoms with Crippen LogP contribution in [0, 0.1) is 5.92 Å². The van der Waals surface area contributed by atoms with Crippen LogP contribution in [-0.2, 0) is 4.79 Å². The minimum absolute atomic E-state index is 0. The van der Waals surface area contributed by atoms with Crippen molar-refractivity contribution in [3.8, 4) is 0 Å². The fraction of sp³-hybridized carbons (Fsp3) is 0.846. The van der Waals surface area contributed by atoms with Crippen LogP contribution in [0.1, 0.15) is 32.6 Å². The molecule has 0 spiro atoms. The molecule has 110 valence electrons. The van der Waals surface area contributed by atoms with Gasteiger partial charge < -0.3 is 15.5 Å². The van der Waals surface area contributed by atoms with E-state index in [2.05, 4.69) is 27.4 Å². The van der Waals surface area contributed by atoms with Crippen LogP contribution in [0.2, 0.25) is 0 Å². The van der Waals surface area contributed by atoms with E-state index in [4.69, 9.17) is 0 Å². The first-order valence-corrected chi connectivity index (χ1v) is 6.94. The molecule has 0 aromatic heterocycles. The number of hydrogen-bond donors (Lipinski definition) is 2. The maximum atomic E-state index is 11.6. The quantitative estimate of drug-likeness (QED) is 0.440. The molecule has 0 aromatic rings. The summed E-state index contributed by atoms with van der Waals surface area (Å²) in [4.78, 5) is 18.1. The van der Waals surface area contributed by atoms with E-state index >= 15 is 0 Å². The van der Waals surface area contributed by atoms with Gasteiger partial charge in [-0.1, -0.05) is 6.92 Å². The predicted octanol–water partition coefficient (Wildman–Crippen LogP) is 1.19. The van der Waals surface area contributed by atoms with Gasteiger partial charge in [-0.2, -0.15) is 0 Å². The van der Waals surface area contributed by atoms with E-state index in [-0.39, 0.29) is 29.9 Å². The van der Waals surface area contributed by atoms with Crippen molar-refractivity contribution in [3.05, 3.63) is 0 Å². The Balaban J connectivity index is 0.00000180. The molecule has 0 aromatic carbocycles. The van der Waals surface area contributed by atoms with E-state index in [1.807, 2.05) is 0 Å². The summed E-state index contributed by atoms with van der Waals surface area (Å²) in [6.07, 6.45) is 4.75. The number of rotatable bonds is 3. The van der Waals surface area contributed by atoms with Crippen LogP contribution in [0.15, 0.2) is 4.99 Å². The van der Waals surface area contributed by atoms with Gasteiger partial charge in [-0.25, -0.2) is 0 Å². The number of carbonyl (C=O) groups is 1. The molecule has 2 N–H and O–H groups in total. The number of nitrogens with one attached hydrogen (secondary N) is 2. The predicted molar refractivity (Wildman–Crippen MR) is 87.9 cm³/mol. The summed E-state index contributed by atoms with van der Waals surface area (Å²) in [6, 6.07) is 0.427. The Morgan fingerprint density at radius 2 is 2.11 bits per heavy atom. The minimum Gasteiger partial charge on any atom is -0.352 e. The normalized spacial score (nSPS) is 23.6. The standard InChI is InChI=1S/C13H24N4O.HI/c1-10-4-3-7-17(9-10)13(14-2)15-8-12(18)16-11-5-6-11;/h10-11H,3-9H2,1-2H3,(H,14,15)(H,16,18);1H. The summed E-state index contributed by atoms with van der Waals surface area (Å²) in [5.41, 5.74) is 0. The summed E-state index contributed by atoms with van der Waals surface area (Å²) >= 11 is 0. The van der Waals surface area contributed by atoms with Crippen LogP contribution >= 0.6 is 24.0 Å². The zero-order chi connectivity index (χ0) is 13.0. The van der Waals surface area contributed by atoms with E-state index in [9.17, 15) is 4.79 Å². The minimum atomic E-state index is 0. The van der Waals surface area contributed by atoms with Gasteiger partial charge in [-0.3, -0.25) is 9.79 Å². The van der Waals surface area contributed by atoms with Crippen LogP contribution in [0.4, 0.5) is 0 Å². The van der Waals surface area contributed by atoms with Crippen LogP contribution < -0.4 is 10.6 Å². The van der Waals surface area contributed by atoms with Gasteiger partial charge in [0, 0.05) is 26.2 Å². The number of likely N-dealkylation sites (tertiary alicyclic amines) is 1. The monoisotopic (exact) mass is 380 g/mol. The van der Waals surface area contributed by atoms with Crippen molar-refractivity contribution >= 4 is 35.8 Å². The molecule has 0 bridgehead atoms. The SMILES string of the molecule is CN=C(NCC(=O)NC1CC1)N1CCCC(C)C1.I. The fourth-order valence-corrected chi connectivity index (χ4v) is 2.38. The molecule has 1 heterocycles. The third-order valence-electron chi connectivity index (χ3n) is 3.52. The molecule has 1 saturated carbocycles. The molecule has 1 amide bonds. The number of halogens is 1. The summed E-state index contributed by atoms with van der Waals surface area (Å²) in [7, 11) is 1.78. The van der Waals surface area contributed by atoms with Crippen molar-refractivity contribution in [2.24, 2.45) is 10.9 Å². The van der Waals surface area contributed by atoms with Gasteiger partial charge in [0.15, 0.2) is 5.96 Å². The van der Waals surface area contributed by atoms with Gasteiger partial charge in [-0.05, 0) is 31.6 Å². The van der Waals surface area contributed by atoms with Crippen LogP contribution in [0.3, 0.4) is 0 Å². The fourth-order valence-electron chi connectivity index (χ4n) is 2.38. The Morgan fingerprint density at radius 1 is 1.37 bits per heavy atom. The number of carbonyl (C=O) groups excluding carboxylic acids is 1. The highest BCUT2D eigenvalue weighted by Crippen LogP contribution is 2.18. The average Bonchev–Trinajstić information content (AvgIpc) is 3.14. The second-order valence-corrected chi connectivity index (χ2v) is 5.44. The molecule has 2 aliphatic rings. The first-order chi connectivity index (χ1) is 8.69. The molecular formula is C13H25IN4O. The summed E-state index contributed by atoms with van der Waals surface area (Å²) in [6.45, 7) is 4.66. The molecule has 6 heteroatoms. The van der Waals surface area contributed by atoms with E-state index in [1.54, 1.807) is 7.05 Å². The first-order valence-electron chi connectivity index (χ1n) is 6.94. The van der Waals surface area contributed by atoms with Crippen molar-refractivity contribution in [1.82, 2.24) is 15.5 Å². The second-order valence-electron chi connectivity index (χ2n) is 5.44. The summed E-state index contributed by atoms with van der Waals surface area (Å²) in [5.74, 6) is 1.63. The molecule has 19 heavy (non-hydrogen) atoms. The Hall–Kier alpha value is -0.530. The maximum Gasteiger partial charge on any atom is 0.239 e. The highest BCUT2D eigenvalue weighted by molar-refractivity contribution is 14.0.